The fraction of sp³-hybridized carbons (Fsp3) is 0.333. The van der Waals surface area contributed by atoms with Gasteiger partial charge in [0.2, 0.25) is 0 Å². The molecule has 3 rings (SSSR count). The van der Waals surface area contributed by atoms with Crippen molar-refractivity contribution in [3.05, 3.63) is 48.0 Å². The van der Waals surface area contributed by atoms with Crippen molar-refractivity contribution in [2.24, 2.45) is 0 Å². The van der Waals surface area contributed by atoms with E-state index in [9.17, 15) is 0 Å². The summed E-state index contributed by atoms with van der Waals surface area (Å²) in [7, 11) is 1.69. The molecule has 21 heavy (non-hydrogen) atoms. The summed E-state index contributed by atoms with van der Waals surface area (Å²) in [6.07, 6.45) is 2.34. The van der Waals surface area contributed by atoms with Gasteiger partial charge < -0.3 is 14.8 Å². The Morgan fingerprint density at radius 1 is 1.10 bits per heavy atom. The van der Waals surface area contributed by atoms with Gasteiger partial charge in [0.1, 0.15) is 12.4 Å². The lowest BCUT2D eigenvalue weighted by atomic mass is 9.97. The summed E-state index contributed by atoms with van der Waals surface area (Å²) in [4.78, 5) is 0. The minimum atomic E-state index is 0.569. The summed E-state index contributed by atoms with van der Waals surface area (Å²) in [6.45, 7) is 2.24. The number of para-hydroxylation sites is 1. The number of methoxy groups -OCH3 is 1. The second-order valence-electron chi connectivity index (χ2n) is 5.24. The Morgan fingerprint density at radius 3 is 2.90 bits per heavy atom. The number of fused-ring (bicyclic) bond motifs is 1. The molecule has 0 saturated heterocycles. The van der Waals surface area contributed by atoms with E-state index in [1.807, 2.05) is 12.1 Å². The van der Waals surface area contributed by atoms with Gasteiger partial charge in [0.25, 0.3) is 0 Å². The molecule has 0 aliphatic carbocycles. The van der Waals surface area contributed by atoms with E-state index < -0.39 is 0 Å². The molecule has 0 radical (unpaired) electrons. The maximum atomic E-state index is 5.84. The van der Waals surface area contributed by atoms with Crippen LogP contribution in [0, 0.1) is 0 Å². The molecule has 2 aromatic rings. The maximum absolute atomic E-state index is 5.84. The van der Waals surface area contributed by atoms with Crippen molar-refractivity contribution < 1.29 is 9.47 Å². The predicted molar refractivity (Wildman–Crippen MR) is 86.1 cm³/mol. The highest BCUT2D eigenvalue weighted by Gasteiger charge is 2.11. The SMILES string of the molecule is COCCOc1ccccc1-c1ccc2c(c1)CCCN2. The first-order chi connectivity index (χ1) is 10.4. The van der Waals surface area contributed by atoms with Gasteiger partial charge in [-0.05, 0) is 42.2 Å². The van der Waals surface area contributed by atoms with E-state index >= 15 is 0 Å². The molecular formula is C18H21NO2. The third-order valence-electron chi connectivity index (χ3n) is 3.79. The number of aryl methyl sites for hydroxylation is 1. The zero-order valence-corrected chi connectivity index (χ0v) is 12.4. The zero-order valence-electron chi connectivity index (χ0n) is 12.4. The number of benzene rings is 2. The molecule has 1 N–H and O–H groups in total. The molecule has 3 heteroatoms. The van der Waals surface area contributed by atoms with Gasteiger partial charge in [-0.25, -0.2) is 0 Å². The average molecular weight is 283 g/mol. The van der Waals surface area contributed by atoms with Crippen LogP contribution in [0.25, 0.3) is 11.1 Å². The Labute approximate surface area is 125 Å². The van der Waals surface area contributed by atoms with E-state index in [1.54, 1.807) is 7.11 Å². The largest absolute Gasteiger partial charge is 0.491 e. The molecule has 110 valence electrons. The molecule has 0 fully saturated rings. The minimum absolute atomic E-state index is 0.569. The summed E-state index contributed by atoms with van der Waals surface area (Å²) in [5, 5.41) is 3.45. The van der Waals surface area contributed by atoms with Gasteiger partial charge in [0, 0.05) is 24.9 Å². The molecule has 0 spiro atoms. The highest BCUT2D eigenvalue weighted by Crippen LogP contribution is 2.33. The summed E-state index contributed by atoms with van der Waals surface area (Å²) < 4.78 is 10.9. The normalized spacial score (nSPS) is 13.4. The Hall–Kier alpha value is -2.00. The highest BCUT2D eigenvalue weighted by molar-refractivity contribution is 5.73. The Bertz CT molecular complexity index is 610. The minimum Gasteiger partial charge on any atom is -0.491 e. The third-order valence-corrected chi connectivity index (χ3v) is 3.79. The lowest BCUT2D eigenvalue weighted by Crippen LogP contribution is -2.11. The quantitative estimate of drug-likeness (QED) is 0.848. The first-order valence-corrected chi connectivity index (χ1v) is 7.46. The van der Waals surface area contributed by atoms with Crippen LogP contribution in [-0.4, -0.2) is 26.9 Å². The summed E-state index contributed by atoms with van der Waals surface area (Å²) in [5.74, 6) is 0.915. The molecule has 0 bridgehead atoms. The van der Waals surface area contributed by atoms with E-state index in [0.717, 1.165) is 24.3 Å². The van der Waals surface area contributed by atoms with Gasteiger partial charge in [-0.15, -0.1) is 0 Å². The first-order valence-electron chi connectivity index (χ1n) is 7.46. The van der Waals surface area contributed by atoms with Crippen molar-refractivity contribution in [3.8, 4) is 16.9 Å². The average Bonchev–Trinajstić information content (AvgIpc) is 2.55. The number of hydrogen-bond donors (Lipinski definition) is 1. The Balaban J connectivity index is 1.89. The zero-order chi connectivity index (χ0) is 14.5. The number of nitrogens with one attached hydrogen (secondary N) is 1. The molecular weight excluding hydrogens is 262 g/mol. The molecule has 1 aliphatic heterocycles. The Morgan fingerprint density at radius 2 is 2.00 bits per heavy atom. The molecule has 0 atom stereocenters. The number of rotatable bonds is 5. The van der Waals surface area contributed by atoms with Crippen molar-refractivity contribution >= 4 is 5.69 Å². The second-order valence-corrected chi connectivity index (χ2v) is 5.24. The molecule has 0 amide bonds. The predicted octanol–water partition coefficient (Wildman–Crippen LogP) is 3.74. The molecule has 1 heterocycles. The number of ether oxygens (including phenoxy) is 2. The smallest absolute Gasteiger partial charge is 0.127 e. The van der Waals surface area contributed by atoms with Gasteiger partial charge >= 0.3 is 0 Å². The van der Waals surface area contributed by atoms with Gasteiger partial charge in [-0.2, -0.15) is 0 Å². The van der Waals surface area contributed by atoms with Crippen LogP contribution in [0.5, 0.6) is 5.75 Å². The summed E-state index contributed by atoms with van der Waals surface area (Å²) >= 11 is 0. The number of anilines is 1. The van der Waals surface area contributed by atoms with Crippen LogP contribution < -0.4 is 10.1 Å². The standard InChI is InChI=1S/C18H21NO2/c1-20-11-12-21-18-7-3-2-6-16(18)14-8-9-17-15(13-14)5-4-10-19-17/h2-3,6-9,13,19H,4-5,10-12H2,1H3. The van der Waals surface area contributed by atoms with Gasteiger partial charge in [0.05, 0.1) is 6.61 Å². The summed E-state index contributed by atoms with van der Waals surface area (Å²) in [5.41, 5.74) is 5.01. The molecule has 0 saturated carbocycles. The highest BCUT2D eigenvalue weighted by atomic mass is 16.5. The van der Waals surface area contributed by atoms with Gasteiger partial charge in [0.15, 0.2) is 0 Å². The van der Waals surface area contributed by atoms with Crippen LogP contribution in [0.4, 0.5) is 5.69 Å². The molecule has 0 unspecified atom stereocenters. The lowest BCUT2D eigenvalue weighted by molar-refractivity contribution is 0.146. The van der Waals surface area contributed by atoms with Crippen molar-refractivity contribution in [1.29, 1.82) is 0 Å². The van der Waals surface area contributed by atoms with Crippen molar-refractivity contribution in [1.82, 2.24) is 0 Å². The molecule has 2 aromatic carbocycles. The van der Waals surface area contributed by atoms with Crippen LogP contribution >= 0.6 is 0 Å². The van der Waals surface area contributed by atoms with E-state index in [1.165, 1.54) is 23.2 Å². The maximum Gasteiger partial charge on any atom is 0.127 e. The van der Waals surface area contributed by atoms with Crippen LogP contribution in [0.2, 0.25) is 0 Å². The fourth-order valence-corrected chi connectivity index (χ4v) is 2.71. The van der Waals surface area contributed by atoms with E-state index in [2.05, 4.69) is 35.6 Å². The van der Waals surface area contributed by atoms with Gasteiger partial charge in [-0.1, -0.05) is 24.3 Å². The van der Waals surface area contributed by atoms with Crippen LogP contribution in [0.15, 0.2) is 42.5 Å². The van der Waals surface area contributed by atoms with Crippen molar-refractivity contribution in [3.63, 3.8) is 0 Å². The third kappa shape index (κ3) is 3.19. The second kappa shape index (κ2) is 6.64. The number of hydrogen-bond acceptors (Lipinski definition) is 3. The molecule has 1 aliphatic rings. The van der Waals surface area contributed by atoms with Crippen LogP contribution in [0.3, 0.4) is 0 Å². The van der Waals surface area contributed by atoms with Crippen molar-refractivity contribution in [2.45, 2.75) is 12.8 Å². The Kier molecular flexibility index (Phi) is 4.41. The monoisotopic (exact) mass is 283 g/mol. The summed E-state index contributed by atoms with van der Waals surface area (Å²) in [6, 6.07) is 14.8. The van der Waals surface area contributed by atoms with E-state index in [4.69, 9.17) is 9.47 Å². The lowest BCUT2D eigenvalue weighted by Gasteiger charge is -2.19. The first kappa shape index (κ1) is 14.0. The molecule has 0 aromatic heterocycles. The van der Waals surface area contributed by atoms with Crippen molar-refractivity contribution in [2.75, 3.05) is 32.2 Å². The van der Waals surface area contributed by atoms with Crippen LogP contribution in [0.1, 0.15) is 12.0 Å². The van der Waals surface area contributed by atoms with E-state index in [-0.39, 0.29) is 0 Å². The molecule has 3 nitrogen and oxygen atoms in total. The fourth-order valence-electron chi connectivity index (χ4n) is 2.71. The van der Waals surface area contributed by atoms with Crippen LogP contribution in [-0.2, 0) is 11.2 Å². The van der Waals surface area contributed by atoms with Gasteiger partial charge in [-0.3, -0.25) is 0 Å². The topological polar surface area (TPSA) is 30.5 Å². The van der Waals surface area contributed by atoms with E-state index in [0.29, 0.717) is 13.2 Å².